The maximum atomic E-state index is 7.38. The number of ether oxygens (including phenoxy) is 2. The van der Waals surface area contributed by atoms with Gasteiger partial charge in [0.2, 0.25) is 0 Å². The summed E-state index contributed by atoms with van der Waals surface area (Å²) in [5, 5.41) is 0. The zero-order valence-electron chi connectivity index (χ0n) is 22.3. The third kappa shape index (κ3) is 4.06. The molecule has 194 valence electrons. The van der Waals surface area contributed by atoms with Crippen LogP contribution in [0.4, 0.5) is 0 Å². The summed E-state index contributed by atoms with van der Waals surface area (Å²) in [6.45, 7) is 8.21. The number of fused-ring (bicyclic) bond motifs is 1. The second-order valence-electron chi connectivity index (χ2n) is 11.0. The van der Waals surface area contributed by atoms with Crippen LogP contribution < -0.4 is 0 Å². The Hall–Kier alpha value is -3.06. The highest BCUT2D eigenvalue weighted by atomic mass is 28.4. The fourth-order valence-electron chi connectivity index (χ4n) is 6.24. The van der Waals surface area contributed by atoms with Crippen molar-refractivity contribution in [2.45, 2.75) is 56.1 Å². The van der Waals surface area contributed by atoms with E-state index in [1.165, 1.54) is 0 Å². The van der Waals surface area contributed by atoms with Crippen LogP contribution in [-0.2, 0) is 29.5 Å². The zero-order chi connectivity index (χ0) is 26.4. The van der Waals surface area contributed by atoms with Gasteiger partial charge in [0.1, 0.15) is 23.4 Å². The molecule has 2 saturated heterocycles. The first-order chi connectivity index (χ1) is 18.3. The monoisotopic (exact) mass is 522 g/mol. The van der Waals surface area contributed by atoms with Crippen molar-refractivity contribution in [3.05, 3.63) is 144 Å². The molecular weight excluding hydrogens is 488 g/mol. The fraction of sp³-hybridized carbons (Fsp3) is 0.273. The van der Waals surface area contributed by atoms with E-state index in [4.69, 9.17) is 18.3 Å². The molecule has 2 heterocycles. The van der Waals surface area contributed by atoms with Crippen LogP contribution in [-0.4, -0.2) is 26.6 Å². The molecule has 2 aliphatic rings. The quantitative estimate of drug-likeness (QED) is 0.267. The van der Waals surface area contributed by atoms with Crippen LogP contribution in [0.25, 0.3) is 0 Å². The Labute approximate surface area is 226 Å². The predicted molar refractivity (Wildman–Crippen MR) is 151 cm³/mol. The van der Waals surface area contributed by atoms with Gasteiger partial charge in [-0.3, -0.25) is 0 Å². The molecule has 2 fully saturated rings. The summed E-state index contributed by atoms with van der Waals surface area (Å²) in [5.41, 5.74) is 2.16. The smallest absolute Gasteiger partial charge is 0.333 e. The van der Waals surface area contributed by atoms with E-state index in [2.05, 4.69) is 110 Å². The highest BCUT2D eigenvalue weighted by molar-refractivity contribution is 6.65. The van der Waals surface area contributed by atoms with Gasteiger partial charge in [-0.05, 0) is 49.2 Å². The molecular formula is C33H34O4Si. The number of hydrogen-bond acceptors (Lipinski definition) is 4. The SMILES string of the molecule is CC1(C)O[C@@H]2[C@@H](O1)C(c1ccccc1)(c1ccccc1)O[Si](C)(C)OC2(c1ccccc1)c1ccccc1. The second kappa shape index (κ2) is 9.29. The first kappa shape index (κ1) is 25.2. The van der Waals surface area contributed by atoms with Crippen LogP contribution >= 0.6 is 0 Å². The Morgan fingerprint density at radius 1 is 0.474 bits per heavy atom. The summed E-state index contributed by atoms with van der Waals surface area (Å²) < 4.78 is 28.6. The molecule has 6 rings (SSSR count). The molecule has 0 aromatic heterocycles. The minimum Gasteiger partial charge on any atom is -0.377 e. The third-order valence-corrected chi connectivity index (χ3v) is 9.15. The maximum absolute atomic E-state index is 7.38. The van der Waals surface area contributed by atoms with E-state index in [1.807, 2.05) is 38.1 Å². The van der Waals surface area contributed by atoms with Crippen LogP contribution in [0.15, 0.2) is 121 Å². The molecule has 0 N–H and O–H groups in total. The van der Waals surface area contributed by atoms with E-state index in [-0.39, 0.29) is 0 Å². The molecule has 2 aliphatic heterocycles. The lowest BCUT2D eigenvalue weighted by atomic mass is 9.72. The molecule has 0 saturated carbocycles. The highest BCUT2D eigenvalue weighted by Crippen LogP contribution is 2.57. The molecule has 38 heavy (non-hydrogen) atoms. The van der Waals surface area contributed by atoms with Gasteiger partial charge in [0, 0.05) is 0 Å². The number of hydrogen-bond donors (Lipinski definition) is 0. The van der Waals surface area contributed by atoms with Gasteiger partial charge < -0.3 is 18.3 Å². The van der Waals surface area contributed by atoms with Gasteiger partial charge >= 0.3 is 8.56 Å². The molecule has 5 heteroatoms. The van der Waals surface area contributed by atoms with E-state index >= 15 is 0 Å². The van der Waals surface area contributed by atoms with Gasteiger partial charge in [0.15, 0.2) is 5.79 Å². The molecule has 0 unspecified atom stereocenters. The standard InChI is InChI=1S/C33H34O4Si/c1-31(2)34-29-30(35-31)33(27-21-13-7-14-22-27,28-23-15-8-16-24-28)37-38(3,4)36-32(29,25-17-9-5-10-18-25)26-19-11-6-12-20-26/h5-24,29-30H,1-4H3/t29-,30-/m1/s1. The van der Waals surface area contributed by atoms with Crippen molar-refractivity contribution in [3.63, 3.8) is 0 Å². The molecule has 0 radical (unpaired) electrons. The molecule has 0 aliphatic carbocycles. The normalized spacial score (nSPS) is 24.7. The van der Waals surface area contributed by atoms with Gasteiger partial charge in [0.05, 0.1) is 0 Å². The average Bonchev–Trinajstić information content (AvgIpc) is 3.24. The van der Waals surface area contributed by atoms with Crippen molar-refractivity contribution in [1.82, 2.24) is 0 Å². The Bertz CT molecular complexity index is 1190. The van der Waals surface area contributed by atoms with Crippen LogP contribution in [0, 0.1) is 0 Å². The summed E-state index contributed by atoms with van der Waals surface area (Å²) in [4.78, 5) is 0. The van der Waals surface area contributed by atoms with Gasteiger partial charge in [-0.15, -0.1) is 0 Å². The predicted octanol–water partition coefficient (Wildman–Crippen LogP) is 7.14. The lowest BCUT2D eigenvalue weighted by Crippen LogP contribution is -2.53. The lowest BCUT2D eigenvalue weighted by Gasteiger charge is -2.42. The summed E-state index contributed by atoms with van der Waals surface area (Å²) in [6, 6.07) is 41.6. The van der Waals surface area contributed by atoms with Gasteiger partial charge in [-0.25, -0.2) is 0 Å². The Morgan fingerprint density at radius 2 is 0.737 bits per heavy atom. The van der Waals surface area contributed by atoms with Crippen LogP contribution in [0.1, 0.15) is 36.1 Å². The summed E-state index contributed by atoms with van der Waals surface area (Å²) in [5.74, 6) is -0.866. The third-order valence-electron chi connectivity index (χ3n) is 7.52. The molecule has 0 amide bonds. The minimum absolute atomic E-state index is 0.517. The summed E-state index contributed by atoms with van der Waals surface area (Å²) in [7, 11) is -2.92. The molecule has 2 atom stereocenters. The Morgan fingerprint density at radius 3 is 1.00 bits per heavy atom. The molecule has 4 nitrogen and oxygen atoms in total. The van der Waals surface area contributed by atoms with Crippen molar-refractivity contribution in [3.8, 4) is 0 Å². The Balaban J connectivity index is 1.71. The molecule has 0 bridgehead atoms. The topological polar surface area (TPSA) is 36.9 Å². The van der Waals surface area contributed by atoms with Gasteiger partial charge in [-0.2, -0.15) is 0 Å². The van der Waals surface area contributed by atoms with Gasteiger partial charge in [-0.1, -0.05) is 121 Å². The number of benzene rings is 4. The van der Waals surface area contributed by atoms with Crippen molar-refractivity contribution < 1.29 is 18.3 Å². The minimum atomic E-state index is -2.92. The lowest BCUT2D eigenvalue weighted by molar-refractivity contribution is -0.179. The summed E-state index contributed by atoms with van der Waals surface area (Å²) >= 11 is 0. The first-order valence-corrected chi connectivity index (χ1v) is 16.1. The van der Waals surface area contributed by atoms with E-state index in [9.17, 15) is 0 Å². The van der Waals surface area contributed by atoms with Crippen molar-refractivity contribution in [2.75, 3.05) is 0 Å². The van der Waals surface area contributed by atoms with E-state index < -0.39 is 37.8 Å². The van der Waals surface area contributed by atoms with E-state index in [0.717, 1.165) is 22.3 Å². The van der Waals surface area contributed by atoms with E-state index in [0.29, 0.717) is 0 Å². The largest absolute Gasteiger partial charge is 0.377 e. The van der Waals surface area contributed by atoms with Gasteiger partial charge in [0.25, 0.3) is 0 Å². The highest BCUT2D eigenvalue weighted by Gasteiger charge is 2.67. The maximum Gasteiger partial charge on any atom is 0.333 e. The van der Waals surface area contributed by atoms with Crippen molar-refractivity contribution in [1.29, 1.82) is 0 Å². The summed E-state index contributed by atoms with van der Waals surface area (Å²) in [6.07, 6.45) is -1.03. The first-order valence-electron chi connectivity index (χ1n) is 13.2. The fourth-order valence-corrected chi connectivity index (χ4v) is 8.53. The second-order valence-corrected chi connectivity index (χ2v) is 14.2. The van der Waals surface area contributed by atoms with Crippen LogP contribution in [0.5, 0.6) is 0 Å². The molecule has 4 aromatic carbocycles. The van der Waals surface area contributed by atoms with Crippen molar-refractivity contribution >= 4 is 8.56 Å². The van der Waals surface area contributed by atoms with Crippen LogP contribution in [0.3, 0.4) is 0 Å². The van der Waals surface area contributed by atoms with Crippen LogP contribution in [0.2, 0.25) is 13.1 Å². The zero-order valence-corrected chi connectivity index (χ0v) is 23.3. The van der Waals surface area contributed by atoms with Crippen molar-refractivity contribution in [2.24, 2.45) is 0 Å². The molecule has 0 spiro atoms. The van der Waals surface area contributed by atoms with E-state index in [1.54, 1.807) is 0 Å². The molecule has 4 aromatic rings. The average molecular weight is 523 g/mol. The number of rotatable bonds is 4. The Kier molecular flexibility index (Phi) is 6.17.